The van der Waals surface area contributed by atoms with E-state index in [1.54, 1.807) is 36.4 Å². The Balaban J connectivity index is 1.42. The molecule has 0 saturated carbocycles. The highest BCUT2D eigenvalue weighted by atomic mass is 35.5. The fourth-order valence-corrected chi connectivity index (χ4v) is 3.10. The maximum absolute atomic E-state index is 12.3. The van der Waals surface area contributed by atoms with Crippen molar-refractivity contribution in [3.63, 3.8) is 0 Å². The molecular formula is C21H16ClNO3. The number of carbonyl (C=O) groups excluding carboxylic acids is 1. The van der Waals surface area contributed by atoms with E-state index in [9.17, 15) is 4.79 Å². The number of nitrogens with zero attached hydrogens (tertiary/aromatic N) is 1. The van der Waals surface area contributed by atoms with Crippen molar-refractivity contribution >= 4 is 17.6 Å². The van der Waals surface area contributed by atoms with Crippen molar-refractivity contribution < 1.29 is 14.3 Å². The lowest BCUT2D eigenvalue weighted by molar-refractivity contribution is 0.0728. The van der Waals surface area contributed by atoms with Gasteiger partial charge in [0.2, 0.25) is 0 Å². The fourth-order valence-electron chi connectivity index (χ4n) is 2.97. The van der Waals surface area contributed by atoms with Gasteiger partial charge in [-0.25, -0.2) is 9.78 Å². The van der Waals surface area contributed by atoms with Crippen LogP contribution in [-0.2, 0) is 12.8 Å². The number of pyridine rings is 1. The van der Waals surface area contributed by atoms with E-state index < -0.39 is 5.97 Å². The van der Waals surface area contributed by atoms with Gasteiger partial charge < -0.3 is 9.47 Å². The molecule has 1 heterocycles. The van der Waals surface area contributed by atoms with Crippen LogP contribution in [0.5, 0.6) is 17.2 Å². The molecule has 0 fully saturated rings. The van der Waals surface area contributed by atoms with Crippen LogP contribution in [-0.4, -0.2) is 11.0 Å². The molecule has 1 aliphatic carbocycles. The van der Waals surface area contributed by atoms with Gasteiger partial charge in [0.05, 0.1) is 6.20 Å². The number of benzene rings is 2. The highest BCUT2D eigenvalue weighted by Gasteiger charge is 2.15. The smallest absolute Gasteiger partial charge is 0.362 e. The molecule has 1 aliphatic rings. The number of halogens is 1. The fraction of sp³-hybridized carbons (Fsp3) is 0.143. The monoisotopic (exact) mass is 365 g/mol. The molecule has 5 heteroatoms. The SMILES string of the molecule is O=C(Oc1ccc2c(c1)CCC2)c1ccc(Oc2ccc(Cl)cc2)cn1. The Labute approximate surface area is 156 Å². The lowest BCUT2D eigenvalue weighted by atomic mass is 10.1. The Bertz CT molecular complexity index is 936. The Morgan fingerprint density at radius 2 is 1.62 bits per heavy atom. The van der Waals surface area contributed by atoms with Crippen molar-refractivity contribution in [1.82, 2.24) is 4.98 Å². The molecule has 3 aromatic rings. The van der Waals surface area contributed by atoms with Crippen LogP contribution >= 0.6 is 11.6 Å². The summed E-state index contributed by atoms with van der Waals surface area (Å²) in [6.07, 6.45) is 4.78. The van der Waals surface area contributed by atoms with Gasteiger partial charge in [-0.05, 0) is 78.9 Å². The van der Waals surface area contributed by atoms with Crippen molar-refractivity contribution in [3.05, 3.63) is 82.6 Å². The van der Waals surface area contributed by atoms with Crippen molar-refractivity contribution in [2.24, 2.45) is 0 Å². The third-order valence-corrected chi connectivity index (χ3v) is 4.53. The van der Waals surface area contributed by atoms with Crippen LogP contribution in [0.3, 0.4) is 0 Å². The van der Waals surface area contributed by atoms with Crippen molar-refractivity contribution in [3.8, 4) is 17.2 Å². The Morgan fingerprint density at radius 3 is 2.38 bits per heavy atom. The summed E-state index contributed by atoms with van der Waals surface area (Å²) < 4.78 is 11.1. The number of rotatable bonds is 4. The van der Waals surface area contributed by atoms with Crippen LogP contribution < -0.4 is 9.47 Å². The van der Waals surface area contributed by atoms with E-state index in [-0.39, 0.29) is 5.69 Å². The van der Waals surface area contributed by atoms with E-state index in [2.05, 4.69) is 4.98 Å². The minimum Gasteiger partial charge on any atom is -0.456 e. The van der Waals surface area contributed by atoms with Crippen molar-refractivity contribution in [2.75, 3.05) is 0 Å². The summed E-state index contributed by atoms with van der Waals surface area (Å²) in [5.41, 5.74) is 2.83. The van der Waals surface area contributed by atoms with E-state index >= 15 is 0 Å². The minimum atomic E-state index is -0.485. The predicted octanol–water partition coefficient (Wildman–Crippen LogP) is 5.24. The average molecular weight is 366 g/mol. The number of carbonyl (C=O) groups is 1. The third-order valence-electron chi connectivity index (χ3n) is 4.28. The van der Waals surface area contributed by atoms with Crippen LogP contribution in [0.15, 0.2) is 60.8 Å². The van der Waals surface area contributed by atoms with Crippen molar-refractivity contribution in [2.45, 2.75) is 19.3 Å². The molecule has 1 aromatic heterocycles. The normalized spacial score (nSPS) is 12.5. The number of aromatic nitrogens is 1. The van der Waals surface area contributed by atoms with Gasteiger partial charge in [0.25, 0.3) is 0 Å². The maximum Gasteiger partial charge on any atom is 0.362 e. The molecule has 0 spiro atoms. The molecule has 0 unspecified atom stereocenters. The lowest BCUT2D eigenvalue weighted by Gasteiger charge is -2.08. The molecule has 0 saturated heterocycles. The van der Waals surface area contributed by atoms with Crippen LogP contribution in [0.1, 0.15) is 28.0 Å². The van der Waals surface area contributed by atoms with Gasteiger partial charge in [-0.2, -0.15) is 0 Å². The molecule has 0 atom stereocenters. The number of fused-ring (bicyclic) bond motifs is 1. The zero-order valence-corrected chi connectivity index (χ0v) is 14.7. The topological polar surface area (TPSA) is 48.4 Å². The summed E-state index contributed by atoms with van der Waals surface area (Å²) in [5, 5.41) is 0.639. The zero-order valence-electron chi connectivity index (χ0n) is 13.9. The first-order valence-corrected chi connectivity index (χ1v) is 8.79. The van der Waals surface area contributed by atoms with E-state index in [4.69, 9.17) is 21.1 Å². The molecule has 4 nitrogen and oxygen atoms in total. The van der Waals surface area contributed by atoms with E-state index in [1.807, 2.05) is 18.2 Å². The summed E-state index contributed by atoms with van der Waals surface area (Å²) in [6.45, 7) is 0. The summed E-state index contributed by atoms with van der Waals surface area (Å²) in [7, 11) is 0. The highest BCUT2D eigenvalue weighted by molar-refractivity contribution is 6.30. The van der Waals surface area contributed by atoms with Gasteiger partial charge in [-0.15, -0.1) is 0 Å². The zero-order chi connectivity index (χ0) is 17.9. The Kier molecular flexibility index (Phi) is 4.59. The molecular weight excluding hydrogens is 350 g/mol. The van der Waals surface area contributed by atoms with Gasteiger partial charge in [0.15, 0.2) is 0 Å². The first-order chi connectivity index (χ1) is 12.7. The summed E-state index contributed by atoms with van der Waals surface area (Å²) in [5.74, 6) is 1.24. The second kappa shape index (κ2) is 7.18. The van der Waals surface area contributed by atoms with E-state index in [0.717, 1.165) is 19.3 Å². The second-order valence-electron chi connectivity index (χ2n) is 6.11. The summed E-state index contributed by atoms with van der Waals surface area (Å²) >= 11 is 5.85. The molecule has 0 radical (unpaired) electrons. The molecule has 0 N–H and O–H groups in total. The highest BCUT2D eigenvalue weighted by Crippen LogP contribution is 2.27. The predicted molar refractivity (Wildman–Crippen MR) is 99.2 cm³/mol. The average Bonchev–Trinajstić information content (AvgIpc) is 3.12. The third kappa shape index (κ3) is 3.70. The molecule has 4 rings (SSSR count). The quantitative estimate of drug-likeness (QED) is 0.469. The largest absolute Gasteiger partial charge is 0.456 e. The molecule has 2 aromatic carbocycles. The second-order valence-corrected chi connectivity index (χ2v) is 6.55. The van der Waals surface area contributed by atoms with Crippen molar-refractivity contribution in [1.29, 1.82) is 0 Å². The van der Waals surface area contributed by atoms with Crippen LogP contribution in [0.25, 0.3) is 0 Å². The number of esters is 1. The van der Waals surface area contributed by atoms with E-state index in [0.29, 0.717) is 22.3 Å². The van der Waals surface area contributed by atoms with Crippen LogP contribution in [0.4, 0.5) is 0 Å². The number of hydrogen-bond donors (Lipinski definition) is 0. The first-order valence-electron chi connectivity index (χ1n) is 8.41. The minimum absolute atomic E-state index is 0.231. The summed E-state index contributed by atoms with van der Waals surface area (Å²) in [4.78, 5) is 16.4. The number of aryl methyl sites for hydroxylation is 2. The lowest BCUT2D eigenvalue weighted by Crippen LogP contribution is -2.10. The maximum atomic E-state index is 12.3. The number of hydrogen-bond acceptors (Lipinski definition) is 4. The van der Waals surface area contributed by atoms with Gasteiger partial charge in [-0.3, -0.25) is 0 Å². The van der Waals surface area contributed by atoms with Gasteiger partial charge in [0, 0.05) is 5.02 Å². The van der Waals surface area contributed by atoms with Crippen LogP contribution in [0, 0.1) is 0 Å². The first kappa shape index (κ1) is 16.6. The number of ether oxygens (including phenoxy) is 2. The Morgan fingerprint density at radius 1 is 0.885 bits per heavy atom. The molecule has 0 aliphatic heterocycles. The van der Waals surface area contributed by atoms with Gasteiger partial charge in [-0.1, -0.05) is 17.7 Å². The summed E-state index contributed by atoms with van der Waals surface area (Å²) in [6, 6.07) is 16.1. The Hall–Kier alpha value is -2.85. The molecule has 26 heavy (non-hydrogen) atoms. The van der Waals surface area contributed by atoms with E-state index in [1.165, 1.54) is 17.3 Å². The molecule has 130 valence electrons. The van der Waals surface area contributed by atoms with Gasteiger partial charge in [0.1, 0.15) is 22.9 Å². The van der Waals surface area contributed by atoms with Gasteiger partial charge >= 0.3 is 5.97 Å². The molecule has 0 amide bonds. The standard InChI is InChI=1S/C21H16ClNO3/c22-16-5-8-17(9-6-16)25-19-10-11-20(23-13-19)21(24)26-18-7-4-14-2-1-3-15(14)12-18/h4-13H,1-3H2. The van der Waals surface area contributed by atoms with Crippen LogP contribution in [0.2, 0.25) is 5.02 Å². The molecule has 0 bridgehead atoms.